The number of rotatable bonds is 3. The molecule has 0 saturated heterocycles. The molecule has 82 valence electrons. The van der Waals surface area contributed by atoms with Crippen molar-refractivity contribution < 1.29 is 26.6 Å². The van der Waals surface area contributed by atoms with Crippen molar-refractivity contribution in [2.24, 2.45) is 5.73 Å². The van der Waals surface area contributed by atoms with Gasteiger partial charge in [0.05, 0.1) is 1.37 Å². The minimum atomic E-state index is -2.62. The van der Waals surface area contributed by atoms with Crippen molar-refractivity contribution >= 4 is 5.97 Å². The van der Waals surface area contributed by atoms with Crippen LogP contribution in [0.25, 0.3) is 0 Å². The van der Waals surface area contributed by atoms with Gasteiger partial charge in [-0.15, -0.1) is 0 Å². The Bertz CT molecular complexity index is 420. The molecule has 0 heterocycles. The quantitative estimate of drug-likeness (QED) is 0.434. The van der Waals surface area contributed by atoms with Crippen LogP contribution in [0, 0.1) is 0 Å². The topological polar surface area (TPSA) is 124 Å². The van der Waals surface area contributed by atoms with E-state index in [1.54, 1.807) is 0 Å². The summed E-state index contributed by atoms with van der Waals surface area (Å²) in [5.74, 6) is -2.65. The molecule has 0 unspecified atom stereocenters. The molecule has 0 saturated carbocycles. The fourth-order valence-corrected chi connectivity index (χ4v) is 1.01. The first-order chi connectivity index (χ1) is 7.26. The summed E-state index contributed by atoms with van der Waals surface area (Å²) in [4.78, 5) is 10.6. The largest absolute Gasteiger partial charge is 0.504 e. The Morgan fingerprint density at radius 3 is 2.47 bits per heavy atom. The van der Waals surface area contributed by atoms with E-state index in [4.69, 9.17) is 22.4 Å². The van der Waals surface area contributed by atoms with Gasteiger partial charge in [-0.2, -0.15) is 0 Å². The van der Waals surface area contributed by atoms with Gasteiger partial charge in [0.25, 0.3) is 0 Å². The van der Waals surface area contributed by atoms with Gasteiger partial charge in [0, 0.05) is 0 Å². The van der Waals surface area contributed by atoms with Crippen molar-refractivity contribution in [3.05, 3.63) is 23.8 Å². The Labute approximate surface area is 86.6 Å². The van der Waals surface area contributed by atoms with Crippen molar-refractivity contribution in [3.8, 4) is 11.5 Å². The molecule has 6 nitrogen and oxygen atoms in total. The van der Waals surface area contributed by atoms with Gasteiger partial charge in [-0.3, -0.25) is 4.79 Å². The molecule has 0 aliphatic carbocycles. The summed E-state index contributed by atoms with van der Waals surface area (Å²) in [6.07, 6.45) is -1.82. The van der Waals surface area contributed by atoms with Gasteiger partial charge in [-0.05, 0) is 17.7 Å². The number of nitrogens with two attached hydrogens (primary N) is 1. The number of phenolic OH excluding ortho intramolecular Hbond substituents is 2. The molecule has 0 aliphatic heterocycles. The van der Waals surface area contributed by atoms with E-state index in [0.29, 0.717) is 0 Å². The van der Waals surface area contributed by atoms with E-state index in [1.807, 2.05) is 0 Å². The molecule has 1 aromatic carbocycles. The van der Waals surface area contributed by atoms with E-state index in [0.717, 1.165) is 12.1 Å². The molecule has 0 aromatic heterocycles. The van der Waals surface area contributed by atoms with Crippen molar-refractivity contribution in [1.29, 1.82) is 0 Å². The van der Waals surface area contributed by atoms with Gasteiger partial charge < -0.3 is 26.2 Å². The number of carboxylic acid groups (broad SMARTS) is 1. The first-order valence-corrected chi connectivity index (χ1v) is 3.99. The highest BCUT2D eigenvalue weighted by molar-refractivity contribution is 5.74. The van der Waals surface area contributed by atoms with Crippen LogP contribution in [0.15, 0.2) is 18.2 Å². The predicted molar refractivity (Wildman–Crippen MR) is 50.3 cm³/mol. The SMILES string of the molecule is [2H][C@@](N)(C(=O)O)[C@H](O)c1ccc(O)c(O)c1. The lowest BCUT2D eigenvalue weighted by atomic mass is 10.0. The number of carboxylic acids is 1. The number of aliphatic hydroxyl groups is 1. The van der Waals surface area contributed by atoms with Crippen LogP contribution in [0.3, 0.4) is 0 Å². The van der Waals surface area contributed by atoms with E-state index < -0.39 is 29.6 Å². The van der Waals surface area contributed by atoms with Gasteiger partial charge in [0.1, 0.15) is 12.1 Å². The Hall–Kier alpha value is -1.79. The standard InChI is InChI=1S/C9H11NO5/c10-7(9(14)15)8(13)4-1-2-5(11)6(12)3-4/h1-3,7-8,11-13H,10H2,(H,14,15)/t7-,8+/m0/s1/i7D. The maximum atomic E-state index is 10.6. The molecule has 0 bridgehead atoms. The third-order valence-electron chi connectivity index (χ3n) is 1.86. The Morgan fingerprint density at radius 1 is 1.40 bits per heavy atom. The Balaban J connectivity index is 3.10. The van der Waals surface area contributed by atoms with Gasteiger partial charge in [0.2, 0.25) is 0 Å². The average molecular weight is 214 g/mol. The number of aliphatic hydroxyl groups excluding tert-OH is 1. The number of hydrogen-bond acceptors (Lipinski definition) is 5. The molecule has 6 N–H and O–H groups in total. The molecule has 0 amide bonds. The number of aliphatic carboxylic acids is 1. The van der Waals surface area contributed by atoms with Crippen LogP contribution in [0.5, 0.6) is 11.5 Å². The van der Waals surface area contributed by atoms with Gasteiger partial charge in [-0.25, -0.2) is 0 Å². The number of aromatic hydroxyl groups is 2. The van der Waals surface area contributed by atoms with Crippen LogP contribution >= 0.6 is 0 Å². The van der Waals surface area contributed by atoms with Gasteiger partial charge in [0.15, 0.2) is 11.5 Å². The van der Waals surface area contributed by atoms with Crippen molar-refractivity contribution in [2.45, 2.75) is 12.1 Å². The lowest BCUT2D eigenvalue weighted by Gasteiger charge is -2.15. The second-order valence-electron chi connectivity index (χ2n) is 2.91. The number of benzene rings is 1. The zero-order valence-corrected chi connectivity index (χ0v) is 7.58. The van der Waals surface area contributed by atoms with E-state index in [2.05, 4.69) is 0 Å². The van der Waals surface area contributed by atoms with E-state index in [-0.39, 0.29) is 5.56 Å². The third-order valence-corrected chi connectivity index (χ3v) is 1.86. The molecule has 0 spiro atoms. The molecule has 1 rings (SSSR count). The Morgan fingerprint density at radius 2 is 2.00 bits per heavy atom. The summed E-state index contributed by atoms with van der Waals surface area (Å²) in [7, 11) is 0. The van der Waals surface area contributed by atoms with E-state index in [1.165, 1.54) is 6.07 Å². The summed E-state index contributed by atoms with van der Waals surface area (Å²) < 4.78 is 7.23. The molecule has 6 heteroatoms. The fourth-order valence-electron chi connectivity index (χ4n) is 1.01. The average Bonchev–Trinajstić information content (AvgIpc) is 2.20. The first-order valence-electron chi connectivity index (χ1n) is 4.49. The zero-order chi connectivity index (χ0) is 12.5. The molecular weight excluding hydrogens is 202 g/mol. The highest BCUT2D eigenvalue weighted by atomic mass is 16.4. The normalized spacial score (nSPS) is 17.6. The number of carbonyl (C=O) groups is 1. The summed E-state index contributed by atoms with van der Waals surface area (Å²) in [6.45, 7) is 0. The van der Waals surface area contributed by atoms with E-state index in [9.17, 15) is 9.90 Å². The summed E-state index contributed by atoms with van der Waals surface area (Å²) in [5.41, 5.74) is 5.02. The summed E-state index contributed by atoms with van der Waals surface area (Å²) in [5, 5.41) is 36.3. The smallest absolute Gasteiger partial charge is 0.323 e. The molecule has 0 fully saturated rings. The van der Waals surface area contributed by atoms with Crippen LogP contribution in [-0.4, -0.2) is 32.4 Å². The maximum absolute atomic E-state index is 10.6. The lowest BCUT2D eigenvalue weighted by Crippen LogP contribution is -2.36. The zero-order valence-electron chi connectivity index (χ0n) is 8.58. The van der Waals surface area contributed by atoms with Crippen LogP contribution in [0.4, 0.5) is 0 Å². The van der Waals surface area contributed by atoms with Crippen LogP contribution in [0.1, 0.15) is 13.0 Å². The maximum Gasteiger partial charge on any atom is 0.323 e. The number of hydrogen-bond donors (Lipinski definition) is 5. The highest BCUT2D eigenvalue weighted by Gasteiger charge is 2.24. The van der Waals surface area contributed by atoms with Crippen LogP contribution in [0.2, 0.25) is 0 Å². The first kappa shape index (κ1) is 9.75. The second-order valence-corrected chi connectivity index (χ2v) is 2.91. The highest BCUT2D eigenvalue weighted by Crippen LogP contribution is 2.28. The monoisotopic (exact) mass is 214 g/mol. The number of phenols is 2. The Kier molecular flexibility index (Phi) is 2.70. The summed E-state index contributed by atoms with van der Waals surface area (Å²) in [6, 6.07) is 0.549. The fraction of sp³-hybridized carbons (Fsp3) is 0.222. The second kappa shape index (κ2) is 4.16. The lowest BCUT2D eigenvalue weighted by molar-refractivity contribution is -0.141. The summed E-state index contributed by atoms with van der Waals surface area (Å²) >= 11 is 0. The minimum absolute atomic E-state index is 0.0739. The molecule has 2 atom stereocenters. The van der Waals surface area contributed by atoms with Gasteiger partial charge in [-0.1, -0.05) is 6.07 Å². The molecule has 0 aliphatic rings. The third kappa shape index (κ3) is 2.36. The van der Waals surface area contributed by atoms with Gasteiger partial charge >= 0.3 is 5.97 Å². The van der Waals surface area contributed by atoms with Crippen LogP contribution in [-0.2, 0) is 4.79 Å². The minimum Gasteiger partial charge on any atom is -0.504 e. The van der Waals surface area contributed by atoms with Crippen LogP contribution < -0.4 is 5.73 Å². The van der Waals surface area contributed by atoms with Crippen molar-refractivity contribution in [1.82, 2.24) is 0 Å². The predicted octanol–water partition coefficient (Wildman–Crippen LogP) is -0.457. The molecule has 1 aromatic rings. The molecule has 15 heavy (non-hydrogen) atoms. The van der Waals surface area contributed by atoms with E-state index >= 15 is 0 Å². The molecular formula is C9H11NO5. The van der Waals surface area contributed by atoms with Crippen molar-refractivity contribution in [3.63, 3.8) is 0 Å². The van der Waals surface area contributed by atoms with Crippen molar-refractivity contribution in [2.75, 3.05) is 0 Å². The molecule has 0 radical (unpaired) electrons.